The first-order valence-corrected chi connectivity index (χ1v) is 23.2. The molecule has 0 aliphatic rings. The number of aliphatic carboxylic acids is 2. The van der Waals surface area contributed by atoms with Crippen LogP contribution in [0.5, 0.6) is 0 Å². The Bertz CT molecular complexity index is 2120. The Kier molecular flexibility index (Phi) is 24.8. The molecular formula is C46H71N11O14. The van der Waals surface area contributed by atoms with Gasteiger partial charge in [0, 0.05) is 24.7 Å². The number of aromatic nitrogens is 2. The minimum Gasteiger partial charge on any atom is -0.481 e. The zero-order valence-electron chi connectivity index (χ0n) is 41.2. The summed E-state index contributed by atoms with van der Waals surface area (Å²) in [6.45, 7) is 11.7. The largest absolute Gasteiger partial charge is 0.481 e. The van der Waals surface area contributed by atoms with E-state index < -0.39 is 139 Å². The summed E-state index contributed by atoms with van der Waals surface area (Å²) in [5.41, 5.74) is 6.89. The third-order valence-corrected chi connectivity index (χ3v) is 11.3. The van der Waals surface area contributed by atoms with Gasteiger partial charge in [-0.2, -0.15) is 0 Å². The Morgan fingerprint density at radius 1 is 0.620 bits per heavy atom. The highest BCUT2D eigenvalue weighted by Crippen LogP contribution is 2.12. The Balaban J connectivity index is 2.37. The SMILES string of the molecule is CC[C@H](C)[C@H](NC(=O)[C@H](C)NC(=O)[C@H](CC(=O)O)NC(=O)[C@@H](NC(=O)[C@H](Cc1ccccc1)NC(=O)[C@H](CO)NC(=O)[C@H](Cc1cnc[nH]1)NC(=O)[C@H](CC(C)C)NC(=O)[C@@H](N)C(C)C)[C@@H](C)O)C(=O)O. The first-order chi connectivity index (χ1) is 33.3. The van der Waals surface area contributed by atoms with Gasteiger partial charge in [0.15, 0.2) is 0 Å². The fourth-order valence-corrected chi connectivity index (χ4v) is 6.81. The van der Waals surface area contributed by atoms with Crippen molar-refractivity contribution in [3.63, 3.8) is 0 Å². The van der Waals surface area contributed by atoms with Crippen LogP contribution in [-0.4, -0.2) is 157 Å². The molecule has 0 spiro atoms. The lowest BCUT2D eigenvalue weighted by Crippen LogP contribution is -2.62. The van der Waals surface area contributed by atoms with E-state index in [0.29, 0.717) is 17.7 Å². The summed E-state index contributed by atoms with van der Waals surface area (Å²) in [5, 5.41) is 59.3. The van der Waals surface area contributed by atoms with Gasteiger partial charge in [-0.05, 0) is 43.6 Å². The van der Waals surface area contributed by atoms with Gasteiger partial charge in [-0.25, -0.2) is 9.78 Å². The molecule has 15 N–H and O–H groups in total. The van der Waals surface area contributed by atoms with Crippen LogP contribution in [0, 0.1) is 17.8 Å². The van der Waals surface area contributed by atoms with Gasteiger partial charge in [0.05, 0.1) is 31.5 Å². The number of aliphatic hydroxyl groups excluding tert-OH is 2. The number of carbonyl (C=O) groups excluding carboxylic acids is 8. The molecule has 0 aliphatic heterocycles. The van der Waals surface area contributed by atoms with Crippen LogP contribution in [0.25, 0.3) is 0 Å². The molecule has 0 aliphatic carbocycles. The maximum absolute atomic E-state index is 14.0. The van der Waals surface area contributed by atoms with E-state index in [-0.39, 0.29) is 31.1 Å². The molecule has 11 atom stereocenters. The molecule has 2 rings (SSSR count). The number of hydrogen-bond acceptors (Lipinski definition) is 14. The van der Waals surface area contributed by atoms with Crippen molar-refractivity contribution >= 4 is 59.2 Å². The van der Waals surface area contributed by atoms with Crippen molar-refractivity contribution in [3.8, 4) is 0 Å². The Morgan fingerprint density at radius 2 is 1.13 bits per heavy atom. The van der Waals surface area contributed by atoms with Gasteiger partial charge in [0.25, 0.3) is 0 Å². The van der Waals surface area contributed by atoms with Crippen molar-refractivity contribution in [1.82, 2.24) is 52.5 Å². The second kappa shape index (κ2) is 29.3. The second-order valence-corrected chi connectivity index (χ2v) is 18.1. The smallest absolute Gasteiger partial charge is 0.326 e. The maximum Gasteiger partial charge on any atom is 0.326 e. The minimum atomic E-state index is -1.90. The molecule has 25 nitrogen and oxygen atoms in total. The topological polar surface area (TPSA) is 403 Å². The third kappa shape index (κ3) is 20.1. The lowest BCUT2D eigenvalue weighted by Gasteiger charge is -2.28. The predicted octanol–water partition coefficient (Wildman–Crippen LogP) is -2.90. The number of rotatable bonds is 30. The zero-order chi connectivity index (χ0) is 53.7. The van der Waals surface area contributed by atoms with Gasteiger partial charge in [-0.3, -0.25) is 43.2 Å². The van der Waals surface area contributed by atoms with Crippen LogP contribution < -0.4 is 48.3 Å². The summed E-state index contributed by atoms with van der Waals surface area (Å²) in [5.74, 6) is -11.6. The molecular weight excluding hydrogens is 931 g/mol. The third-order valence-electron chi connectivity index (χ3n) is 11.3. The van der Waals surface area contributed by atoms with Crippen molar-refractivity contribution in [2.45, 2.75) is 148 Å². The van der Waals surface area contributed by atoms with Crippen LogP contribution in [0.4, 0.5) is 0 Å². The van der Waals surface area contributed by atoms with E-state index in [1.807, 2.05) is 13.8 Å². The summed E-state index contributed by atoms with van der Waals surface area (Å²) in [6, 6.07) is -5.20. The Hall–Kier alpha value is -6.99. The molecule has 1 heterocycles. The number of nitrogens with two attached hydrogens (primary N) is 1. The molecule has 0 radical (unpaired) electrons. The lowest BCUT2D eigenvalue weighted by molar-refractivity contribution is -0.144. The van der Waals surface area contributed by atoms with Crippen LogP contribution in [0.15, 0.2) is 42.9 Å². The van der Waals surface area contributed by atoms with Crippen molar-refractivity contribution in [2.75, 3.05) is 6.61 Å². The number of carboxylic acid groups (broad SMARTS) is 2. The molecule has 394 valence electrons. The predicted molar refractivity (Wildman–Crippen MR) is 254 cm³/mol. The van der Waals surface area contributed by atoms with Crippen molar-refractivity contribution in [1.29, 1.82) is 0 Å². The normalized spacial score (nSPS) is 15.9. The highest BCUT2D eigenvalue weighted by molar-refractivity contribution is 5.99. The Morgan fingerprint density at radius 3 is 1.63 bits per heavy atom. The number of nitrogens with one attached hydrogen (secondary N) is 9. The number of benzene rings is 1. The van der Waals surface area contributed by atoms with Crippen LogP contribution in [0.1, 0.15) is 85.9 Å². The van der Waals surface area contributed by atoms with Crippen molar-refractivity contribution < 1.29 is 68.4 Å². The number of amides is 8. The molecule has 0 saturated carbocycles. The first-order valence-electron chi connectivity index (χ1n) is 23.2. The number of imidazole rings is 1. The van der Waals surface area contributed by atoms with E-state index in [2.05, 4.69) is 52.5 Å². The summed E-state index contributed by atoms with van der Waals surface area (Å²) in [7, 11) is 0. The molecule has 0 unspecified atom stereocenters. The van der Waals surface area contributed by atoms with Gasteiger partial charge in [0.2, 0.25) is 47.3 Å². The van der Waals surface area contributed by atoms with Gasteiger partial charge in [-0.1, -0.05) is 78.3 Å². The summed E-state index contributed by atoms with van der Waals surface area (Å²) < 4.78 is 0. The van der Waals surface area contributed by atoms with Crippen LogP contribution in [0.2, 0.25) is 0 Å². The number of nitrogens with zero attached hydrogens (tertiary/aromatic N) is 1. The minimum absolute atomic E-state index is 0.0950. The zero-order valence-corrected chi connectivity index (χ0v) is 41.2. The first kappa shape index (κ1) is 60.1. The molecule has 1 aromatic carbocycles. The molecule has 0 saturated heterocycles. The Labute approximate surface area is 411 Å². The second-order valence-electron chi connectivity index (χ2n) is 18.1. The molecule has 2 aromatic rings. The monoisotopic (exact) mass is 1000 g/mol. The fourth-order valence-electron chi connectivity index (χ4n) is 6.81. The average molecular weight is 1000 g/mol. The molecule has 71 heavy (non-hydrogen) atoms. The van der Waals surface area contributed by atoms with E-state index in [1.54, 1.807) is 58.0 Å². The molecule has 1 aromatic heterocycles. The molecule has 0 fully saturated rings. The maximum atomic E-state index is 14.0. The van der Waals surface area contributed by atoms with Crippen molar-refractivity contribution in [2.24, 2.45) is 23.5 Å². The van der Waals surface area contributed by atoms with E-state index >= 15 is 0 Å². The van der Waals surface area contributed by atoms with E-state index in [1.165, 1.54) is 19.4 Å². The number of aliphatic hydroxyl groups is 2. The lowest BCUT2D eigenvalue weighted by atomic mass is 9.99. The molecule has 8 amide bonds. The van der Waals surface area contributed by atoms with Crippen LogP contribution >= 0.6 is 0 Å². The highest BCUT2D eigenvalue weighted by atomic mass is 16.4. The number of aromatic amines is 1. The summed E-state index contributed by atoms with van der Waals surface area (Å²) in [6.07, 6.45) is 0.0771. The summed E-state index contributed by atoms with van der Waals surface area (Å²) >= 11 is 0. The standard InChI is InChI=1S/C46H71N11O14/c1-9-24(6)36(46(70)71)56-38(62)25(7)50-39(63)32(18-34(60)61)54-45(69)37(26(8)59)57-42(66)30(16-27-13-11-10-12-14-27)51-43(67)33(20-58)55-41(65)31(17-28-19-48-21-49-28)52-40(64)29(15-22(2)3)53-44(68)35(47)23(4)5/h10-14,19,21-26,29-33,35-37,58-59H,9,15-18,20,47H2,1-8H3,(H,48,49)(H,50,63)(H,51,67)(H,52,64)(H,53,68)(H,54,69)(H,55,65)(H,56,62)(H,57,66)(H,60,61)(H,70,71)/t24-,25-,26+,29-,30-,31-,32-,33-,35-,36-,37-/m0/s1. The number of hydrogen-bond donors (Lipinski definition) is 14. The summed E-state index contributed by atoms with van der Waals surface area (Å²) in [4.78, 5) is 139. The molecule has 0 bridgehead atoms. The average Bonchev–Trinajstić information content (AvgIpc) is 3.82. The molecule has 25 heteroatoms. The number of H-pyrrole nitrogens is 1. The van der Waals surface area contributed by atoms with E-state index in [4.69, 9.17) is 5.73 Å². The number of carbonyl (C=O) groups is 10. The van der Waals surface area contributed by atoms with E-state index in [9.17, 15) is 68.4 Å². The van der Waals surface area contributed by atoms with Crippen LogP contribution in [0.3, 0.4) is 0 Å². The highest BCUT2D eigenvalue weighted by Gasteiger charge is 2.37. The van der Waals surface area contributed by atoms with Gasteiger partial charge < -0.3 is 73.7 Å². The quantitative estimate of drug-likeness (QED) is 0.0373. The van der Waals surface area contributed by atoms with E-state index in [0.717, 1.165) is 6.92 Å². The van der Waals surface area contributed by atoms with Gasteiger partial charge in [-0.15, -0.1) is 0 Å². The van der Waals surface area contributed by atoms with Crippen molar-refractivity contribution in [3.05, 3.63) is 54.1 Å². The number of carboxylic acids is 2. The fraction of sp³-hybridized carbons (Fsp3) is 0.587. The van der Waals surface area contributed by atoms with Crippen LogP contribution in [-0.2, 0) is 60.8 Å². The van der Waals surface area contributed by atoms with Gasteiger partial charge >= 0.3 is 11.9 Å². The van der Waals surface area contributed by atoms with Gasteiger partial charge in [0.1, 0.15) is 48.3 Å².